The summed E-state index contributed by atoms with van der Waals surface area (Å²) in [5, 5.41) is 0.381. The molecule has 0 atom stereocenters. The van der Waals surface area contributed by atoms with Crippen molar-refractivity contribution < 1.29 is 9.47 Å². The SMILES string of the molecule is CC1(COc2ccc(Cc3cncc(Cl)n3)c(N)c2)COC1. The van der Waals surface area contributed by atoms with Gasteiger partial charge in [0.1, 0.15) is 10.9 Å². The molecule has 1 aromatic heterocycles. The van der Waals surface area contributed by atoms with Gasteiger partial charge in [0.2, 0.25) is 0 Å². The normalized spacial score (nSPS) is 16.1. The molecule has 1 aliphatic heterocycles. The largest absolute Gasteiger partial charge is 0.493 e. The number of nitrogen functional groups attached to an aromatic ring is 1. The lowest BCUT2D eigenvalue weighted by molar-refractivity contribution is -0.120. The Morgan fingerprint density at radius 2 is 2.18 bits per heavy atom. The Balaban J connectivity index is 1.66. The number of aromatic nitrogens is 2. The fourth-order valence-corrected chi connectivity index (χ4v) is 2.44. The Kier molecular flexibility index (Phi) is 4.18. The molecule has 1 aliphatic rings. The maximum Gasteiger partial charge on any atom is 0.147 e. The molecule has 5 nitrogen and oxygen atoms in total. The molecule has 116 valence electrons. The van der Waals surface area contributed by atoms with Crippen LogP contribution in [0.25, 0.3) is 0 Å². The summed E-state index contributed by atoms with van der Waals surface area (Å²) in [6.07, 6.45) is 3.79. The molecule has 2 N–H and O–H groups in total. The molecule has 0 spiro atoms. The van der Waals surface area contributed by atoms with E-state index in [2.05, 4.69) is 16.9 Å². The number of halogens is 1. The lowest BCUT2D eigenvalue weighted by Gasteiger charge is -2.37. The van der Waals surface area contributed by atoms with Crippen LogP contribution < -0.4 is 10.5 Å². The van der Waals surface area contributed by atoms with Gasteiger partial charge in [-0.15, -0.1) is 0 Å². The van der Waals surface area contributed by atoms with Gasteiger partial charge in [-0.1, -0.05) is 24.6 Å². The molecule has 1 fully saturated rings. The lowest BCUT2D eigenvalue weighted by atomic mass is 9.90. The fourth-order valence-electron chi connectivity index (χ4n) is 2.28. The Bertz CT molecular complexity index is 674. The highest BCUT2D eigenvalue weighted by molar-refractivity contribution is 6.29. The maximum atomic E-state index is 6.11. The number of rotatable bonds is 5. The van der Waals surface area contributed by atoms with Crippen LogP contribution in [0.2, 0.25) is 5.15 Å². The van der Waals surface area contributed by atoms with Crippen molar-refractivity contribution in [3.63, 3.8) is 0 Å². The van der Waals surface area contributed by atoms with Crippen molar-refractivity contribution in [2.75, 3.05) is 25.6 Å². The smallest absolute Gasteiger partial charge is 0.147 e. The summed E-state index contributed by atoms with van der Waals surface area (Å²) in [5.41, 5.74) is 8.66. The quantitative estimate of drug-likeness (QED) is 0.858. The van der Waals surface area contributed by atoms with Gasteiger partial charge in [0.25, 0.3) is 0 Å². The minimum absolute atomic E-state index is 0.115. The summed E-state index contributed by atoms with van der Waals surface area (Å²) in [6, 6.07) is 5.72. The second-order valence-electron chi connectivity index (χ2n) is 5.96. The van der Waals surface area contributed by atoms with Crippen LogP contribution in [0.1, 0.15) is 18.2 Å². The van der Waals surface area contributed by atoms with E-state index in [1.165, 1.54) is 6.20 Å². The van der Waals surface area contributed by atoms with Gasteiger partial charge in [-0.2, -0.15) is 0 Å². The summed E-state index contributed by atoms with van der Waals surface area (Å²) in [6.45, 7) is 4.26. The predicted molar refractivity (Wildman–Crippen MR) is 85.1 cm³/mol. The Labute approximate surface area is 134 Å². The van der Waals surface area contributed by atoms with E-state index in [4.69, 9.17) is 26.8 Å². The molecule has 0 bridgehead atoms. The highest BCUT2D eigenvalue weighted by atomic mass is 35.5. The molecule has 2 heterocycles. The molecule has 6 heteroatoms. The molecule has 0 aliphatic carbocycles. The number of nitrogens with two attached hydrogens (primary N) is 1. The second-order valence-corrected chi connectivity index (χ2v) is 6.35. The zero-order valence-electron chi connectivity index (χ0n) is 12.4. The van der Waals surface area contributed by atoms with Crippen LogP contribution in [0.3, 0.4) is 0 Å². The van der Waals surface area contributed by atoms with E-state index in [-0.39, 0.29) is 5.41 Å². The first-order chi connectivity index (χ1) is 10.5. The highest BCUT2D eigenvalue weighted by Gasteiger charge is 2.34. The Morgan fingerprint density at radius 1 is 1.36 bits per heavy atom. The first-order valence-corrected chi connectivity index (χ1v) is 7.47. The Morgan fingerprint density at radius 3 is 2.82 bits per heavy atom. The van der Waals surface area contributed by atoms with Crippen molar-refractivity contribution in [1.82, 2.24) is 9.97 Å². The number of anilines is 1. The van der Waals surface area contributed by atoms with Gasteiger partial charge < -0.3 is 15.2 Å². The van der Waals surface area contributed by atoms with Crippen LogP contribution in [-0.4, -0.2) is 29.8 Å². The highest BCUT2D eigenvalue weighted by Crippen LogP contribution is 2.29. The first-order valence-electron chi connectivity index (χ1n) is 7.09. The van der Waals surface area contributed by atoms with E-state index in [9.17, 15) is 0 Å². The van der Waals surface area contributed by atoms with Gasteiger partial charge in [-0.25, -0.2) is 4.98 Å². The molecule has 3 rings (SSSR count). The average molecular weight is 320 g/mol. The number of nitrogens with zero attached hydrogens (tertiary/aromatic N) is 2. The maximum absolute atomic E-state index is 6.11. The minimum atomic E-state index is 0.115. The minimum Gasteiger partial charge on any atom is -0.493 e. The molecule has 0 saturated carbocycles. The van der Waals surface area contributed by atoms with Crippen LogP contribution >= 0.6 is 11.6 Å². The van der Waals surface area contributed by atoms with E-state index in [1.807, 2.05) is 18.2 Å². The number of hydrogen-bond acceptors (Lipinski definition) is 5. The summed E-state index contributed by atoms with van der Waals surface area (Å²) in [7, 11) is 0. The third kappa shape index (κ3) is 3.48. The number of hydrogen-bond donors (Lipinski definition) is 1. The standard InChI is InChI=1S/C16H18ClN3O2/c1-16(8-21-9-16)10-22-13-3-2-11(14(18)5-13)4-12-6-19-7-15(17)20-12/h2-3,5-7H,4,8-10,18H2,1H3. The van der Waals surface area contributed by atoms with E-state index in [0.717, 1.165) is 30.2 Å². The Hall–Kier alpha value is -1.85. The van der Waals surface area contributed by atoms with Crippen molar-refractivity contribution in [3.8, 4) is 5.75 Å². The molecule has 0 radical (unpaired) electrons. The van der Waals surface area contributed by atoms with E-state index in [1.54, 1.807) is 6.20 Å². The lowest BCUT2D eigenvalue weighted by Crippen LogP contribution is -2.44. The van der Waals surface area contributed by atoms with Crippen molar-refractivity contribution in [3.05, 3.63) is 47.0 Å². The van der Waals surface area contributed by atoms with Crippen LogP contribution in [0.5, 0.6) is 5.75 Å². The zero-order valence-corrected chi connectivity index (χ0v) is 13.1. The molecule has 0 unspecified atom stereocenters. The second kappa shape index (κ2) is 6.10. The van der Waals surface area contributed by atoms with Gasteiger partial charge in [0.15, 0.2) is 0 Å². The topological polar surface area (TPSA) is 70.3 Å². The van der Waals surface area contributed by atoms with Gasteiger partial charge in [0, 0.05) is 29.8 Å². The fraction of sp³-hybridized carbons (Fsp3) is 0.375. The van der Waals surface area contributed by atoms with Crippen molar-refractivity contribution in [2.45, 2.75) is 13.3 Å². The third-order valence-corrected chi connectivity index (χ3v) is 3.81. The first kappa shape index (κ1) is 15.1. The third-order valence-electron chi connectivity index (χ3n) is 3.63. The van der Waals surface area contributed by atoms with Crippen molar-refractivity contribution in [1.29, 1.82) is 0 Å². The summed E-state index contributed by atoms with van der Waals surface area (Å²) < 4.78 is 11.0. The van der Waals surface area contributed by atoms with Gasteiger partial charge in [-0.05, 0) is 11.6 Å². The zero-order chi connectivity index (χ0) is 15.6. The molecule has 0 amide bonds. The molecule has 2 aromatic rings. The van der Waals surface area contributed by atoms with Crippen molar-refractivity contribution >= 4 is 17.3 Å². The molecular weight excluding hydrogens is 302 g/mol. The van der Waals surface area contributed by atoms with Crippen LogP contribution in [0.4, 0.5) is 5.69 Å². The average Bonchev–Trinajstić information content (AvgIpc) is 2.46. The summed E-state index contributed by atoms with van der Waals surface area (Å²) >= 11 is 5.84. The molecule has 1 aromatic carbocycles. The summed E-state index contributed by atoms with van der Waals surface area (Å²) in [4.78, 5) is 8.25. The van der Waals surface area contributed by atoms with Crippen molar-refractivity contribution in [2.24, 2.45) is 5.41 Å². The number of benzene rings is 1. The van der Waals surface area contributed by atoms with Gasteiger partial charge in [-0.3, -0.25) is 4.98 Å². The molecular formula is C16H18ClN3O2. The van der Waals surface area contributed by atoms with E-state index in [0.29, 0.717) is 23.9 Å². The van der Waals surface area contributed by atoms with Gasteiger partial charge >= 0.3 is 0 Å². The van der Waals surface area contributed by atoms with Crippen LogP contribution in [0, 0.1) is 5.41 Å². The van der Waals surface area contributed by atoms with E-state index >= 15 is 0 Å². The predicted octanol–water partition coefficient (Wildman–Crippen LogP) is 2.72. The number of ether oxygens (including phenoxy) is 2. The summed E-state index contributed by atoms with van der Waals surface area (Å²) in [5.74, 6) is 0.770. The molecule has 22 heavy (non-hydrogen) atoms. The van der Waals surface area contributed by atoms with E-state index < -0.39 is 0 Å². The molecule has 1 saturated heterocycles. The van der Waals surface area contributed by atoms with Gasteiger partial charge in [0.05, 0.1) is 31.7 Å². The van der Waals surface area contributed by atoms with Crippen LogP contribution in [-0.2, 0) is 11.2 Å². The van der Waals surface area contributed by atoms with Crippen LogP contribution in [0.15, 0.2) is 30.6 Å². The monoisotopic (exact) mass is 319 g/mol.